The predicted octanol–water partition coefficient (Wildman–Crippen LogP) is 3.64. The molecule has 130 valence electrons. The van der Waals surface area contributed by atoms with E-state index in [1.54, 1.807) is 4.52 Å². The number of nitrogens with two attached hydrogens (primary N) is 1. The SMILES string of the molecule is CCCc1ccc(NC(=O)c2cc(C(C)C)n3ncnc(N)c23)cc1. The van der Waals surface area contributed by atoms with Gasteiger partial charge in [-0.2, -0.15) is 5.10 Å². The summed E-state index contributed by atoms with van der Waals surface area (Å²) < 4.78 is 1.70. The minimum atomic E-state index is -0.214. The molecule has 3 N–H and O–H groups in total. The molecule has 0 atom stereocenters. The molecule has 0 saturated carbocycles. The number of hydrogen-bond donors (Lipinski definition) is 2. The summed E-state index contributed by atoms with van der Waals surface area (Å²) in [6.45, 7) is 6.25. The highest BCUT2D eigenvalue weighted by molar-refractivity contribution is 6.10. The molecule has 0 bridgehead atoms. The van der Waals surface area contributed by atoms with Gasteiger partial charge < -0.3 is 11.1 Å². The molecule has 1 aromatic carbocycles. The van der Waals surface area contributed by atoms with Crippen LogP contribution in [0.5, 0.6) is 0 Å². The van der Waals surface area contributed by atoms with Crippen LogP contribution in [0.3, 0.4) is 0 Å². The molecule has 1 amide bonds. The van der Waals surface area contributed by atoms with Crippen LogP contribution >= 0.6 is 0 Å². The highest BCUT2D eigenvalue weighted by atomic mass is 16.1. The Morgan fingerprint density at radius 2 is 2.00 bits per heavy atom. The average molecular weight is 337 g/mol. The van der Waals surface area contributed by atoms with Crippen LogP contribution in [-0.4, -0.2) is 20.5 Å². The average Bonchev–Trinajstić information content (AvgIpc) is 2.98. The smallest absolute Gasteiger partial charge is 0.258 e. The molecule has 2 aromatic heterocycles. The Hall–Kier alpha value is -2.89. The van der Waals surface area contributed by atoms with E-state index in [4.69, 9.17) is 5.73 Å². The van der Waals surface area contributed by atoms with Gasteiger partial charge in [-0.15, -0.1) is 0 Å². The summed E-state index contributed by atoms with van der Waals surface area (Å²) in [5.41, 5.74) is 9.97. The zero-order valence-electron chi connectivity index (χ0n) is 14.8. The molecule has 0 spiro atoms. The van der Waals surface area contributed by atoms with Crippen molar-refractivity contribution in [1.82, 2.24) is 14.6 Å². The second-order valence-corrected chi connectivity index (χ2v) is 6.44. The van der Waals surface area contributed by atoms with Crippen LogP contribution in [0.25, 0.3) is 5.52 Å². The van der Waals surface area contributed by atoms with Crippen LogP contribution in [0.15, 0.2) is 36.7 Å². The van der Waals surface area contributed by atoms with Crippen molar-refractivity contribution in [3.8, 4) is 0 Å². The van der Waals surface area contributed by atoms with Crippen molar-refractivity contribution >= 4 is 22.9 Å². The lowest BCUT2D eigenvalue weighted by molar-refractivity contribution is 0.102. The third-order valence-electron chi connectivity index (χ3n) is 4.20. The maximum Gasteiger partial charge on any atom is 0.258 e. The molecule has 0 unspecified atom stereocenters. The Labute approximate surface area is 147 Å². The zero-order chi connectivity index (χ0) is 18.0. The number of aromatic nitrogens is 3. The summed E-state index contributed by atoms with van der Waals surface area (Å²) in [6.07, 6.45) is 3.53. The van der Waals surface area contributed by atoms with Gasteiger partial charge in [-0.3, -0.25) is 4.79 Å². The summed E-state index contributed by atoms with van der Waals surface area (Å²) in [5.74, 6) is 0.288. The second-order valence-electron chi connectivity index (χ2n) is 6.44. The quantitative estimate of drug-likeness (QED) is 0.744. The molecule has 2 heterocycles. The number of nitrogens with one attached hydrogen (secondary N) is 1. The molecule has 0 aliphatic carbocycles. The number of anilines is 2. The number of rotatable bonds is 5. The number of benzene rings is 1. The van der Waals surface area contributed by atoms with E-state index >= 15 is 0 Å². The van der Waals surface area contributed by atoms with Crippen molar-refractivity contribution < 1.29 is 4.79 Å². The lowest BCUT2D eigenvalue weighted by Crippen LogP contribution is -2.12. The van der Waals surface area contributed by atoms with E-state index in [-0.39, 0.29) is 11.8 Å². The maximum atomic E-state index is 12.8. The first kappa shape index (κ1) is 17.0. The van der Waals surface area contributed by atoms with Crippen molar-refractivity contribution in [1.29, 1.82) is 0 Å². The van der Waals surface area contributed by atoms with Crippen LogP contribution < -0.4 is 11.1 Å². The highest BCUT2D eigenvalue weighted by Crippen LogP contribution is 2.26. The lowest BCUT2D eigenvalue weighted by Gasteiger charge is -2.06. The minimum Gasteiger partial charge on any atom is -0.382 e. The minimum absolute atomic E-state index is 0.205. The molecule has 3 rings (SSSR count). The van der Waals surface area contributed by atoms with Gasteiger partial charge in [0.1, 0.15) is 11.8 Å². The number of aryl methyl sites for hydroxylation is 1. The Balaban J connectivity index is 1.94. The van der Waals surface area contributed by atoms with Crippen LogP contribution in [0.4, 0.5) is 11.5 Å². The van der Waals surface area contributed by atoms with E-state index in [2.05, 4.69) is 22.3 Å². The van der Waals surface area contributed by atoms with E-state index in [0.717, 1.165) is 24.2 Å². The van der Waals surface area contributed by atoms with Crippen molar-refractivity contribution in [2.45, 2.75) is 39.5 Å². The Morgan fingerprint density at radius 1 is 1.28 bits per heavy atom. The van der Waals surface area contributed by atoms with E-state index < -0.39 is 0 Å². The predicted molar refractivity (Wildman–Crippen MR) is 99.9 cm³/mol. The van der Waals surface area contributed by atoms with Crippen LogP contribution in [0.2, 0.25) is 0 Å². The third kappa shape index (κ3) is 3.33. The molecule has 3 aromatic rings. The van der Waals surface area contributed by atoms with Crippen molar-refractivity contribution in [3.05, 3.63) is 53.5 Å². The van der Waals surface area contributed by atoms with E-state index in [1.165, 1.54) is 11.9 Å². The monoisotopic (exact) mass is 337 g/mol. The zero-order valence-corrected chi connectivity index (χ0v) is 14.8. The third-order valence-corrected chi connectivity index (χ3v) is 4.20. The molecule has 0 fully saturated rings. The van der Waals surface area contributed by atoms with Crippen molar-refractivity contribution in [3.63, 3.8) is 0 Å². The summed E-state index contributed by atoms with van der Waals surface area (Å²) in [4.78, 5) is 16.8. The summed E-state index contributed by atoms with van der Waals surface area (Å²) >= 11 is 0. The van der Waals surface area contributed by atoms with Crippen LogP contribution in [0.1, 0.15) is 54.7 Å². The largest absolute Gasteiger partial charge is 0.382 e. The number of nitrogen functional groups attached to an aromatic ring is 1. The van der Waals surface area contributed by atoms with Gasteiger partial charge in [0.15, 0.2) is 5.82 Å². The summed E-state index contributed by atoms with van der Waals surface area (Å²) in [5, 5.41) is 7.19. The number of hydrogen-bond acceptors (Lipinski definition) is 4. The molecule has 0 radical (unpaired) electrons. The molecule has 0 aliphatic rings. The maximum absolute atomic E-state index is 12.8. The van der Waals surface area contributed by atoms with Gasteiger partial charge in [-0.1, -0.05) is 39.3 Å². The van der Waals surface area contributed by atoms with Gasteiger partial charge >= 0.3 is 0 Å². The van der Waals surface area contributed by atoms with Crippen LogP contribution in [-0.2, 0) is 6.42 Å². The number of fused-ring (bicyclic) bond motifs is 1. The first-order valence-electron chi connectivity index (χ1n) is 8.53. The first-order chi connectivity index (χ1) is 12.0. The van der Waals surface area contributed by atoms with E-state index in [0.29, 0.717) is 16.9 Å². The molecule has 6 nitrogen and oxygen atoms in total. The van der Waals surface area contributed by atoms with E-state index in [9.17, 15) is 4.79 Å². The fraction of sp³-hybridized carbons (Fsp3) is 0.316. The number of amides is 1. The summed E-state index contributed by atoms with van der Waals surface area (Å²) in [6, 6.07) is 9.75. The highest BCUT2D eigenvalue weighted by Gasteiger charge is 2.20. The molecular weight excluding hydrogens is 314 g/mol. The summed E-state index contributed by atoms with van der Waals surface area (Å²) in [7, 11) is 0. The van der Waals surface area contributed by atoms with E-state index in [1.807, 2.05) is 44.2 Å². The van der Waals surface area contributed by atoms with Gasteiger partial charge in [-0.25, -0.2) is 9.50 Å². The Bertz CT molecular complexity index is 896. The van der Waals surface area contributed by atoms with Crippen molar-refractivity contribution in [2.75, 3.05) is 11.1 Å². The normalized spacial score (nSPS) is 11.2. The molecule has 0 aliphatic heterocycles. The molecular formula is C19H23N5O. The fourth-order valence-electron chi connectivity index (χ4n) is 2.92. The topological polar surface area (TPSA) is 85.3 Å². The second kappa shape index (κ2) is 6.93. The fourth-order valence-corrected chi connectivity index (χ4v) is 2.92. The molecule has 6 heteroatoms. The van der Waals surface area contributed by atoms with Gasteiger partial charge in [0, 0.05) is 11.4 Å². The number of carbonyl (C=O) groups is 1. The number of carbonyl (C=O) groups excluding carboxylic acids is 1. The van der Waals surface area contributed by atoms with Gasteiger partial charge in [0.2, 0.25) is 0 Å². The van der Waals surface area contributed by atoms with Crippen molar-refractivity contribution in [2.24, 2.45) is 0 Å². The van der Waals surface area contributed by atoms with Gasteiger partial charge in [-0.05, 0) is 36.1 Å². The lowest BCUT2D eigenvalue weighted by atomic mass is 10.1. The van der Waals surface area contributed by atoms with Crippen LogP contribution in [0, 0.1) is 0 Å². The Morgan fingerprint density at radius 3 is 2.64 bits per heavy atom. The standard InChI is InChI=1S/C19H23N5O/c1-4-5-13-6-8-14(9-7-13)23-19(25)15-10-16(12(2)3)24-17(15)18(20)21-11-22-24/h6-12H,4-5H2,1-3H3,(H,23,25)(H2,20,21,22). The molecule has 25 heavy (non-hydrogen) atoms. The van der Waals surface area contributed by atoms with Gasteiger partial charge in [0.05, 0.1) is 5.56 Å². The first-order valence-corrected chi connectivity index (χ1v) is 8.53. The molecule has 0 saturated heterocycles. The Kier molecular flexibility index (Phi) is 4.70. The number of nitrogens with zero attached hydrogens (tertiary/aromatic N) is 3. The van der Waals surface area contributed by atoms with Gasteiger partial charge in [0.25, 0.3) is 5.91 Å².